The van der Waals surface area contributed by atoms with Crippen LogP contribution in [0.5, 0.6) is 0 Å². The van der Waals surface area contributed by atoms with E-state index in [-0.39, 0.29) is 5.82 Å². The highest BCUT2D eigenvalue weighted by Crippen LogP contribution is 2.25. The molecule has 0 spiro atoms. The van der Waals surface area contributed by atoms with Crippen molar-refractivity contribution < 1.29 is 4.39 Å². The van der Waals surface area contributed by atoms with Crippen molar-refractivity contribution in [1.29, 1.82) is 0 Å². The zero-order chi connectivity index (χ0) is 11.5. The average Bonchev–Trinajstić information content (AvgIpc) is 2.30. The van der Waals surface area contributed by atoms with Gasteiger partial charge < -0.3 is 5.73 Å². The summed E-state index contributed by atoms with van der Waals surface area (Å²) >= 11 is 0. The molecule has 0 bridgehead atoms. The van der Waals surface area contributed by atoms with E-state index < -0.39 is 0 Å². The average molecular weight is 211 g/mol. The highest BCUT2D eigenvalue weighted by atomic mass is 19.1. The lowest BCUT2D eigenvalue weighted by Gasteiger charge is -2.05. The van der Waals surface area contributed by atoms with Crippen LogP contribution in [-0.4, -0.2) is 0 Å². The van der Waals surface area contributed by atoms with Crippen LogP contribution in [0, 0.1) is 18.2 Å². The van der Waals surface area contributed by atoms with Crippen LogP contribution in [-0.2, 0) is 0 Å². The molecule has 0 unspecified atom stereocenters. The molecule has 0 saturated heterocycles. The molecule has 0 atom stereocenters. The fraction of sp³-hybridized carbons (Fsp3) is 0. The second kappa shape index (κ2) is 4.08. The number of benzene rings is 2. The number of anilines is 1. The minimum atomic E-state index is -0.300. The van der Waals surface area contributed by atoms with Crippen molar-refractivity contribution in [3.63, 3.8) is 0 Å². The zero-order valence-corrected chi connectivity index (χ0v) is 8.57. The number of nitrogen functional groups attached to an aromatic ring is 1. The van der Waals surface area contributed by atoms with Gasteiger partial charge >= 0.3 is 0 Å². The summed E-state index contributed by atoms with van der Waals surface area (Å²) < 4.78 is 13.2. The second-order valence-electron chi connectivity index (χ2n) is 3.46. The van der Waals surface area contributed by atoms with Crippen LogP contribution < -0.4 is 5.73 Å². The molecule has 0 aliphatic carbocycles. The van der Waals surface area contributed by atoms with Crippen molar-refractivity contribution in [3.05, 3.63) is 53.8 Å². The Morgan fingerprint density at radius 3 is 2.38 bits per heavy atom. The number of hydrogen-bond donors (Lipinski definition) is 1. The van der Waals surface area contributed by atoms with Crippen molar-refractivity contribution in [2.24, 2.45) is 0 Å². The molecule has 2 aromatic rings. The molecule has 0 radical (unpaired) electrons. The fourth-order valence-corrected chi connectivity index (χ4v) is 1.54. The van der Waals surface area contributed by atoms with Crippen LogP contribution in [0.25, 0.3) is 11.1 Å². The third-order valence-corrected chi connectivity index (χ3v) is 2.36. The van der Waals surface area contributed by atoms with E-state index in [9.17, 15) is 4.39 Å². The van der Waals surface area contributed by atoms with Crippen LogP contribution in [0.1, 0.15) is 5.56 Å². The largest absolute Gasteiger partial charge is 0.399 e. The number of nitrogens with two attached hydrogens (primary N) is 1. The summed E-state index contributed by atoms with van der Waals surface area (Å²) in [4.78, 5) is 0. The van der Waals surface area contributed by atoms with Crippen molar-refractivity contribution >= 4 is 5.69 Å². The van der Waals surface area contributed by atoms with Gasteiger partial charge in [-0.05, 0) is 35.9 Å². The van der Waals surface area contributed by atoms with E-state index in [1.54, 1.807) is 18.2 Å². The standard InChI is InChI=1S/C14H10FN/c1-2-10-3-6-12(15)9-14(10)11-4-7-13(16)8-5-11/h1,3-9H,16H2. The van der Waals surface area contributed by atoms with Crippen LogP contribution in [0.4, 0.5) is 10.1 Å². The smallest absolute Gasteiger partial charge is 0.123 e. The topological polar surface area (TPSA) is 26.0 Å². The molecule has 0 aliphatic heterocycles. The Hall–Kier alpha value is -2.27. The summed E-state index contributed by atoms with van der Waals surface area (Å²) in [6.07, 6.45) is 5.37. The third kappa shape index (κ3) is 1.89. The summed E-state index contributed by atoms with van der Waals surface area (Å²) in [7, 11) is 0. The predicted octanol–water partition coefficient (Wildman–Crippen LogP) is 3.06. The van der Waals surface area contributed by atoms with Gasteiger partial charge in [-0.15, -0.1) is 6.42 Å². The van der Waals surface area contributed by atoms with E-state index in [0.717, 1.165) is 5.56 Å². The van der Waals surface area contributed by atoms with Crippen molar-refractivity contribution in [2.45, 2.75) is 0 Å². The van der Waals surface area contributed by atoms with Crippen LogP contribution in [0.15, 0.2) is 42.5 Å². The van der Waals surface area contributed by atoms with Gasteiger partial charge in [0.25, 0.3) is 0 Å². The van der Waals surface area contributed by atoms with Gasteiger partial charge in [-0.2, -0.15) is 0 Å². The van der Waals surface area contributed by atoms with E-state index in [2.05, 4.69) is 5.92 Å². The maximum Gasteiger partial charge on any atom is 0.123 e. The van der Waals surface area contributed by atoms with E-state index in [1.165, 1.54) is 12.1 Å². The van der Waals surface area contributed by atoms with Gasteiger partial charge in [0.2, 0.25) is 0 Å². The van der Waals surface area contributed by atoms with Gasteiger partial charge in [0.1, 0.15) is 5.82 Å². The second-order valence-corrected chi connectivity index (χ2v) is 3.46. The molecule has 0 saturated carbocycles. The first kappa shape index (κ1) is 10.3. The summed E-state index contributed by atoms with van der Waals surface area (Å²) in [6, 6.07) is 11.6. The molecule has 0 amide bonds. The molecule has 0 aliphatic rings. The van der Waals surface area contributed by atoms with E-state index in [4.69, 9.17) is 12.2 Å². The monoisotopic (exact) mass is 211 g/mol. The van der Waals surface area contributed by atoms with Gasteiger partial charge in [-0.3, -0.25) is 0 Å². The van der Waals surface area contributed by atoms with Crippen molar-refractivity contribution in [2.75, 3.05) is 5.73 Å². The first-order valence-electron chi connectivity index (χ1n) is 4.83. The van der Waals surface area contributed by atoms with E-state index in [1.807, 2.05) is 12.1 Å². The Kier molecular flexibility index (Phi) is 2.61. The maximum absolute atomic E-state index is 13.2. The number of hydrogen-bond acceptors (Lipinski definition) is 1. The number of halogens is 1. The first-order valence-corrected chi connectivity index (χ1v) is 4.83. The van der Waals surface area contributed by atoms with Crippen molar-refractivity contribution in [3.8, 4) is 23.5 Å². The summed E-state index contributed by atoms with van der Waals surface area (Å²) in [5.41, 5.74) is 8.51. The van der Waals surface area contributed by atoms with Crippen LogP contribution >= 0.6 is 0 Å². The maximum atomic E-state index is 13.2. The van der Waals surface area contributed by atoms with Crippen molar-refractivity contribution in [1.82, 2.24) is 0 Å². The normalized spacial score (nSPS) is 9.75. The molecule has 2 N–H and O–H groups in total. The summed E-state index contributed by atoms with van der Waals surface area (Å²) in [5.74, 6) is 2.24. The molecule has 2 aromatic carbocycles. The molecule has 0 heterocycles. The summed E-state index contributed by atoms with van der Waals surface area (Å²) in [5, 5.41) is 0. The zero-order valence-electron chi connectivity index (χ0n) is 8.57. The third-order valence-electron chi connectivity index (χ3n) is 2.36. The van der Waals surface area contributed by atoms with Gasteiger partial charge in [0.05, 0.1) is 0 Å². The van der Waals surface area contributed by atoms with Gasteiger partial charge in [-0.1, -0.05) is 18.1 Å². The lowest BCUT2D eigenvalue weighted by atomic mass is 10.00. The minimum Gasteiger partial charge on any atom is -0.399 e. The Morgan fingerprint density at radius 2 is 1.75 bits per heavy atom. The molecule has 16 heavy (non-hydrogen) atoms. The molecular weight excluding hydrogens is 201 g/mol. The molecule has 2 heteroatoms. The van der Waals surface area contributed by atoms with E-state index >= 15 is 0 Å². The number of terminal acetylenes is 1. The Labute approximate surface area is 93.7 Å². The van der Waals surface area contributed by atoms with Crippen LogP contribution in [0.2, 0.25) is 0 Å². The van der Waals surface area contributed by atoms with Gasteiger partial charge in [0, 0.05) is 16.8 Å². The Morgan fingerprint density at radius 1 is 1.06 bits per heavy atom. The van der Waals surface area contributed by atoms with Crippen LogP contribution in [0.3, 0.4) is 0 Å². The lowest BCUT2D eigenvalue weighted by molar-refractivity contribution is 0.628. The Balaban J connectivity index is 2.59. The fourth-order valence-electron chi connectivity index (χ4n) is 1.54. The highest BCUT2D eigenvalue weighted by molar-refractivity contribution is 5.72. The summed E-state index contributed by atoms with van der Waals surface area (Å²) in [6.45, 7) is 0. The molecule has 0 aromatic heterocycles. The highest BCUT2D eigenvalue weighted by Gasteiger charge is 2.04. The molecule has 78 valence electrons. The van der Waals surface area contributed by atoms with Gasteiger partial charge in [0.15, 0.2) is 0 Å². The molecular formula is C14H10FN. The SMILES string of the molecule is C#Cc1ccc(F)cc1-c1ccc(N)cc1. The molecule has 2 rings (SSSR count). The molecule has 0 fully saturated rings. The first-order chi connectivity index (χ1) is 7.70. The number of rotatable bonds is 1. The quantitative estimate of drug-likeness (QED) is 0.569. The molecule has 1 nitrogen and oxygen atoms in total. The lowest BCUT2D eigenvalue weighted by Crippen LogP contribution is -1.88. The predicted molar refractivity (Wildman–Crippen MR) is 64.2 cm³/mol. The van der Waals surface area contributed by atoms with Gasteiger partial charge in [-0.25, -0.2) is 4.39 Å². The minimum absolute atomic E-state index is 0.300. The Bertz CT molecular complexity index is 550. The van der Waals surface area contributed by atoms with E-state index in [0.29, 0.717) is 16.8 Å².